The molecule has 0 heterocycles. The lowest BCUT2D eigenvalue weighted by Crippen LogP contribution is -2.26. The second kappa shape index (κ2) is 8.71. The van der Waals surface area contributed by atoms with Crippen molar-refractivity contribution in [2.75, 3.05) is 13.7 Å². The maximum absolute atomic E-state index is 11.8. The van der Waals surface area contributed by atoms with Crippen molar-refractivity contribution < 1.29 is 17.9 Å². The molecule has 1 aromatic carbocycles. The summed E-state index contributed by atoms with van der Waals surface area (Å²) in [6, 6.07) is 9.06. The minimum absolute atomic E-state index is 0.00397. The van der Waals surface area contributed by atoms with Crippen molar-refractivity contribution >= 4 is 16.0 Å². The van der Waals surface area contributed by atoms with Crippen LogP contribution in [0.1, 0.15) is 31.2 Å². The summed E-state index contributed by atoms with van der Waals surface area (Å²) in [6.45, 7) is 0.399. The van der Waals surface area contributed by atoms with E-state index in [1.54, 1.807) is 12.1 Å². The lowest BCUT2D eigenvalue weighted by atomic mass is 10.2. The Labute approximate surface area is 120 Å². The van der Waals surface area contributed by atoms with E-state index < -0.39 is 10.0 Å². The molecule has 0 atom stereocenters. The number of hydrogen-bond donors (Lipinski definition) is 1. The first kappa shape index (κ1) is 16.7. The molecule has 0 radical (unpaired) electrons. The van der Waals surface area contributed by atoms with Crippen LogP contribution in [0.15, 0.2) is 30.3 Å². The molecule has 0 spiro atoms. The molecule has 0 aliphatic heterocycles. The number of carbonyl (C=O) groups is 1. The van der Waals surface area contributed by atoms with Gasteiger partial charge in [0.15, 0.2) is 0 Å². The first-order valence-electron chi connectivity index (χ1n) is 6.61. The number of ether oxygens (including phenoxy) is 1. The molecule has 1 N–H and O–H groups in total. The zero-order valence-electron chi connectivity index (χ0n) is 11.7. The largest absolute Gasteiger partial charge is 0.469 e. The number of hydrogen-bond acceptors (Lipinski definition) is 4. The van der Waals surface area contributed by atoms with Crippen LogP contribution in [0.25, 0.3) is 0 Å². The van der Waals surface area contributed by atoms with E-state index in [2.05, 4.69) is 9.46 Å². The molecule has 112 valence electrons. The van der Waals surface area contributed by atoms with Crippen LogP contribution in [0.2, 0.25) is 0 Å². The van der Waals surface area contributed by atoms with Crippen LogP contribution in [0, 0.1) is 0 Å². The van der Waals surface area contributed by atoms with Gasteiger partial charge in [0.25, 0.3) is 0 Å². The maximum atomic E-state index is 11.8. The van der Waals surface area contributed by atoms with E-state index in [1.165, 1.54) is 7.11 Å². The van der Waals surface area contributed by atoms with Crippen molar-refractivity contribution in [3.8, 4) is 0 Å². The monoisotopic (exact) mass is 299 g/mol. The van der Waals surface area contributed by atoms with Gasteiger partial charge in [0.2, 0.25) is 10.0 Å². The number of sulfonamides is 1. The molecular formula is C14H21NO4S. The summed E-state index contributed by atoms with van der Waals surface area (Å²) in [6.07, 6.45) is 2.61. The molecule has 0 saturated heterocycles. The average molecular weight is 299 g/mol. The molecule has 6 heteroatoms. The van der Waals surface area contributed by atoms with Crippen molar-refractivity contribution in [1.82, 2.24) is 4.72 Å². The van der Waals surface area contributed by atoms with Gasteiger partial charge < -0.3 is 4.74 Å². The molecule has 0 unspecified atom stereocenters. The topological polar surface area (TPSA) is 72.5 Å². The van der Waals surface area contributed by atoms with E-state index in [0.29, 0.717) is 25.8 Å². The van der Waals surface area contributed by atoms with E-state index in [4.69, 9.17) is 0 Å². The van der Waals surface area contributed by atoms with Gasteiger partial charge >= 0.3 is 5.97 Å². The fraction of sp³-hybridized carbons (Fsp3) is 0.500. The Morgan fingerprint density at radius 3 is 2.50 bits per heavy atom. The fourth-order valence-electron chi connectivity index (χ4n) is 1.75. The van der Waals surface area contributed by atoms with Gasteiger partial charge in [-0.1, -0.05) is 36.8 Å². The summed E-state index contributed by atoms with van der Waals surface area (Å²) in [7, 11) is -1.92. The molecule has 0 bridgehead atoms. The van der Waals surface area contributed by atoms with Crippen LogP contribution in [0.5, 0.6) is 0 Å². The first-order valence-corrected chi connectivity index (χ1v) is 8.27. The third kappa shape index (κ3) is 7.25. The maximum Gasteiger partial charge on any atom is 0.305 e. The molecule has 20 heavy (non-hydrogen) atoms. The average Bonchev–Trinajstić information content (AvgIpc) is 2.43. The van der Waals surface area contributed by atoms with Crippen molar-refractivity contribution in [3.05, 3.63) is 35.9 Å². The van der Waals surface area contributed by atoms with Crippen molar-refractivity contribution in [2.24, 2.45) is 0 Å². The van der Waals surface area contributed by atoms with Crippen molar-refractivity contribution in [1.29, 1.82) is 0 Å². The van der Waals surface area contributed by atoms with Gasteiger partial charge in [-0.3, -0.25) is 4.79 Å². The van der Waals surface area contributed by atoms with E-state index in [1.807, 2.05) is 18.2 Å². The van der Waals surface area contributed by atoms with Crippen LogP contribution in [0.4, 0.5) is 0 Å². The molecule has 0 fully saturated rings. The molecular weight excluding hydrogens is 278 g/mol. The number of benzene rings is 1. The Balaban J connectivity index is 2.19. The normalized spacial score (nSPS) is 11.2. The fourth-order valence-corrected chi connectivity index (χ4v) is 2.93. The first-order chi connectivity index (χ1) is 9.53. The van der Waals surface area contributed by atoms with Gasteiger partial charge in [0.1, 0.15) is 0 Å². The van der Waals surface area contributed by atoms with E-state index in [0.717, 1.165) is 12.0 Å². The minimum Gasteiger partial charge on any atom is -0.469 e. The zero-order valence-corrected chi connectivity index (χ0v) is 12.5. The van der Waals surface area contributed by atoms with Crippen LogP contribution in [-0.4, -0.2) is 28.0 Å². The predicted octanol–water partition coefficient (Wildman–Crippen LogP) is 1.84. The third-order valence-corrected chi connectivity index (χ3v) is 4.16. The third-order valence-electron chi connectivity index (χ3n) is 2.81. The van der Waals surface area contributed by atoms with Gasteiger partial charge in [-0.2, -0.15) is 0 Å². The van der Waals surface area contributed by atoms with Gasteiger partial charge in [-0.25, -0.2) is 13.1 Å². The summed E-state index contributed by atoms with van der Waals surface area (Å²) in [5.41, 5.74) is 0.769. The molecule has 1 aromatic rings. The van der Waals surface area contributed by atoms with Crippen LogP contribution in [0.3, 0.4) is 0 Å². The summed E-state index contributed by atoms with van der Waals surface area (Å²) in [5.74, 6) is -0.231. The highest BCUT2D eigenvalue weighted by Crippen LogP contribution is 2.05. The van der Waals surface area contributed by atoms with Crippen molar-refractivity contribution in [2.45, 2.75) is 31.4 Å². The Hall–Kier alpha value is -1.40. The Bertz CT molecular complexity index is 499. The summed E-state index contributed by atoms with van der Waals surface area (Å²) >= 11 is 0. The van der Waals surface area contributed by atoms with Gasteiger partial charge in [0.05, 0.1) is 12.9 Å². The zero-order chi connectivity index (χ0) is 14.8. The second-order valence-electron chi connectivity index (χ2n) is 4.53. The Morgan fingerprint density at radius 2 is 1.85 bits per heavy atom. The standard InChI is InChI=1S/C14H21NO4S/c1-19-14(16)10-6-3-7-11-15-20(17,18)12-13-8-4-2-5-9-13/h2,4-5,8-9,15H,3,6-7,10-12H2,1H3. The van der Waals surface area contributed by atoms with Crippen molar-refractivity contribution in [3.63, 3.8) is 0 Å². The highest BCUT2D eigenvalue weighted by Gasteiger charge is 2.10. The lowest BCUT2D eigenvalue weighted by Gasteiger charge is -2.06. The van der Waals surface area contributed by atoms with Crippen LogP contribution >= 0.6 is 0 Å². The summed E-state index contributed by atoms with van der Waals surface area (Å²) < 4.78 is 30.7. The van der Waals surface area contributed by atoms with Gasteiger partial charge in [-0.15, -0.1) is 0 Å². The second-order valence-corrected chi connectivity index (χ2v) is 6.33. The number of methoxy groups -OCH3 is 1. The molecule has 1 rings (SSSR count). The SMILES string of the molecule is COC(=O)CCCCCNS(=O)(=O)Cc1ccccc1. The molecule has 0 saturated carbocycles. The van der Waals surface area contributed by atoms with Gasteiger partial charge in [-0.05, 0) is 18.4 Å². The number of carbonyl (C=O) groups excluding carboxylic acids is 1. The Kier molecular flexibility index (Phi) is 7.25. The van der Waals surface area contributed by atoms with Gasteiger partial charge in [0, 0.05) is 13.0 Å². The Morgan fingerprint density at radius 1 is 1.15 bits per heavy atom. The quantitative estimate of drug-likeness (QED) is 0.558. The number of rotatable bonds is 9. The van der Waals surface area contributed by atoms with E-state index >= 15 is 0 Å². The molecule has 0 amide bonds. The number of nitrogens with one attached hydrogen (secondary N) is 1. The summed E-state index contributed by atoms with van der Waals surface area (Å²) in [4.78, 5) is 10.9. The smallest absolute Gasteiger partial charge is 0.305 e. The predicted molar refractivity (Wildman–Crippen MR) is 77.6 cm³/mol. The van der Waals surface area contributed by atoms with Crippen LogP contribution in [-0.2, 0) is 25.3 Å². The summed E-state index contributed by atoms with van der Waals surface area (Å²) in [5, 5.41) is 0. The van der Waals surface area contributed by atoms with E-state index in [-0.39, 0.29) is 11.7 Å². The van der Waals surface area contributed by atoms with E-state index in [9.17, 15) is 13.2 Å². The highest BCUT2D eigenvalue weighted by atomic mass is 32.2. The highest BCUT2D eigenvalue weighted by molar-refractivity contribution is 7.88. The minimum atomic E-state index is -3.28. The molecule has 5 nitrogen and oxygen atoms in total. The molecule has 0 aliphatic carbocycles. The van der Waals surface area contributed by atoms with Crippen LogP contribution < -0.4 is 4.72 Å². The molecule has 0 aromatic heterocycles. The lowest BCUT2D eigenvalue weighted by molar-refractivity contribution is -0.140. The molecule has 0 aliphatic rings. The number of unbranched alkanes of at least 4 members (excludes halogenated alkanes) is 2. The number of esters is 1.